The van der Waals surface area contributed by atoms with Gasteiger partial charge >= 0.3 is 0 Å². The zero-order valence-electron chi connectivity index (χ0n) is 14.4. The van der Waals surface area contributed by atoms with Crippen LogP contribution in [0.2, 0.25) is 0 Å². The van der Waals surface area contributed by atoms with Crippen molar-refractivity contribution >= 4 is 11.7 Å². The lowest BCUT2D eigenvalue weighted by Crippen LogP contribution is -2.16. The number of pyridine rings is 1. The second-order valence-corrected chi connectivity index (χ2v) is 5.75. The lowest BCUT2D eigenvalue weighted by molar-refractivity contribution is 0.102. The Balaban J connectivity index is 2.02. The number of nitrogens with zero attached hydrogens (tertiary/aromatic N) is 3. The van der Waals surface area contributed by atoms with Crippen molar-refractivity contribution in [3.8, 4) is 11.4 Å². The summed E-state index contributed by atoms with van der Waals surface area (Å²) in [6.45, 7) is 5.45. The topological polar surface area (TPSA) is 80.9 Å². The van der Waals surface area contributed by atoms with Crippen molar-refractivity contribution in [2.45, 2.75) is 27.2 Å². The van der Waals surface area contributed by atoms with E-state index in [0.717, 1.165) is 17.7 Å². The average Bonchev–Trinajstić information content (AvgIpc) is 3.02. The fraction of sp³-hybridized carbons (Fsp3) is 0.222. The largest absolute Gasteiger partial charge is 0.339 e. The number of carbonyl (C=O) groups excluding carboxylic acids is 1. The van der Waals surface area contributed by atoms with Crippen LogP contribution in [0.25, 0.3) is 11.4 Å². The van der Waals surface area contributed by atoms with Crippen LogP contribution >= 0.6 is 0 Å². The number of rotatable bonds is 4. The van der Waals surface area contributed by atoms with E-state index in [4.69, 9.17) is 4.52 Å². The lowest BCUT2D eigenvalue weighted by Gasteiger charge is -2.12. The second-order valence-electron chi connectivity index (χ2n) is 5.75. The smallest absolute Gasteiger partial charge is 0.259 e. The molecule has 2 aromatic heterocycles. The third-order valence-electron chi connectivity index (χ3n) is 3.75. The Labute approximate surface area is 148 Å². The highest BCUT2D eigenvalue weighted by Gasteiger charge is 2.20. The molecule has 0 aliphatic rings. The molecule has 0 bridgehead atoms. The van der Waals surface area contributed by atoms with E-state index in [1.807, 2.05) is 19.9 Å². The lowest BCUT2D eigenvalue weighted by atomic mass is 10.1. The number of hydrogen-bond acceptors (Lipinski definition) is 5. The van der Waals surface area contributed by atoms with Crippen LogP contribution in [0.3, 0.4) is 0 Å². The van der Waals surface area contributed by atoms with Gasteiger partial charge in [0.1, 0.15) is 17.5 Å². The molecule has 8 heteroatoms. The van der Waals surface area contributed by atoms with Gasteiger partial charge in [0, 0.05) is 18.2 Å². The van der Waals surface area contributed by atoms with Crippen molar-refractivity contribution in [2.24, 2.45) is 0 Å². The fourth-order valence-corrected chi connectivity index (χ4v) is 2.56. The van der Waals surface area contributed by atoms with Crippen LogP contribution in [0.1, 0.15) is 34.4 Å². The molecule has 2 heterocycles. The summed E-state index contributed by atoms with van der Waals surface area (Å²) in [4.78, 5) is 21.0. The minimum absolute atomic E-state index is 0.180. The minimum Gasteiger partial charge on any atom is -0.339 e. The maximum Gasteiger partial charge on any atom is 0.259 e. The van der Waals surface area contributed by atoms with Crippen molar-refractivity contribution in [2.75, 3.05) is 5.32 Å². The maximum absolute atomic E-state index is 13.9. The van der Waals surface area contributed by atoms with Crippen molar-refractivity contribution in [1.82, 2.24) is 15.1 Å². The first-order chi connectivity index (χ1) is 12.4. The molecule has 0 radical (unpaired) electrons. The molecule has 3 aromatic rings. The summed E-state index contributed by atoms with van der Waals surface area (Å²) >= 11 is 0. The van der Waals surface area contributed by atoms with Crippen LogP contribution in [-0.2, 0) is 6.42 Å². The molecule has 3 rings (SSSR count). The summed E-state index contributed by atoms with van der Waals surface area (Å²) in [7, 11) is 0. The first kappa shape index (κ1) is 17.7. The van der Waals surface area contributed by atoms with Gasteiger partial charge in [-0.3, -0.25) is 4.79 Å². The summed E-state index contributed by atoms with van der Waals surface area (Å²) in [5, 5.41) is 6.48. The number of anilines is 1. The van der Waals surface area contributed by atoms with Gasteiger partial charge in [-0.1, -0.05) is 12.1 Å². The van der Waals surface area contributed by atoms with E-state index in [-0.39, 0.29) is 17.2 Å². The number of nitrogens with one attached hydrogen (secondary N) is 1. The molecule has 134 valence electrons. The van der Waals surface area contributed by atoms with E-state index in [9.17, 15) is 13.6 Å². The molecule has 6 nitrogen and oxygen atoms in total. The third-order valence-corrected chi connectivity index (χ3v) is 3.75. The first-order valence-electron chi connectivity index (χ1n) is 7.96. The van der Waals surface area contributed by atoms with E-state index in [1.54, 1.807) is 6.92 Å². The molecule has 1 amide bonds. The summed E-state index contributed by atoms with van der Waals surface area (Å²) in [5.74, 6) is -1.56. The molecular weight excluding hydrogens is 342 g/mol. The van der Waals surface area contributed by atoms with Gasteiger partial charge in [-0.25, -0.2) is 13.8 Å². The molecule has 0 saturated carbocycles. The molecule has 0 unspecified atom stereocenters. The molecular formula is C18H16F2N4O2. The molecule has 26 heavy (non-hydrogen) atoms. The number of aryl methyl sites for hydroxylation is 3. The Morgan fingerprint density at radius 2 is 1.96 bits per heavy atom. The van der Waals surface area contributed by atoms with Crippen LogP contribution < -0.4 is 5.32 Å². The summed E-state index contributed by atoms with van der Waals surface area (Å²) < 4.78 is 32.1. The Bertz CT molecular complexity index is 985. The van der Waals surface area contributed by atoms with Gasteiger partial charge in [0.15, 0.2) is 0 Å². The summed E-state index contributed by atoms with van der Waals surface area (Å²) in [6, 6.07) is 4.55. The molecule has 0 atom stereocenters. The number of amides is 1. The van der Waals surface area contributed by atoms with E-state index in [1.165, 1.54) is 0 Å². The van der Waals surface area contributed by atoms with Gasteiger partial charge in [-0.15, -0.1) is 0 Å². The van der Waals surface area contributed by atoms with Gasteiger partial charge in [0.25, 0.3) is 5.91 Å². The minimum atomic E-state index is -0.957. The zero-order chi connectivity index (χ0) is 18.8. The van der Waals surface area contributed by atoms with Crippen LogP contribution in [0, 0.1) is 25.5 Å². The molecule has 0 aliphatic carbocycles. The first-order valence-corrected chi connectivity index (χ1v) is 7.96. The van der Waals surface area contributed by atoms with Gasteiger partial charge in [-0.2, -0.15) is 4.98 Å². The molecule has 1 N–H and O–H groups in total. The van der Waals surface area contributed by atoms with Gasteiger partial charge in [0.2, 0.25) is 11.7 Å². The van der Waals surface area contributed by atoms with Crippen LogP contribution in [0.4, 0.5) is 14.6 Å². The highest BCUT2D eigenvalue weighted by atomic mass is 19.1. The number of hydrogen-bond donors (Lipinski definition) is 1. The highest BCUT2D eigenvalue weighted by molar-refractivity contribution is 6.05. The van der Waals surface area contributed by atoms with E-state index < -0.39 is 17.5 Å². The van der Waals surface area contributed by atoms with Crippen molar-refractivity contribution in [3.63, 3.8) is 0 Å². The maximum atomic E-state index is 13.9. The molecule has 0 saturated heterocycles. The van der Waals surface area contributed by atoms with E-state index in [0.29, 0.717) is 29.6 Å². The Morgan fingerprint density at radius 1 is 1.19 bits per heavy atom. The fourth-order valence-electron chi connectivity index (χ4n) is 2.56. The Hall–Kier alpha value is -3.16. The van der Waals surface area contributed by atoms with Gasteiger partial charge in [-0.05, 0) is 37.6 Å². The van der Waals surface area contributed by atoms with E-state index >= 15 is 0 Å². The monoisotopic (exact) mass is 358 g/mol. The number of benzene rings is 1. The van der Waals surface area contributed by atoms with Crippen LogP contribution in [0.5, 0.6) is 0 Å². The molecule has 1 aromatic carbocycles. The zero-order valence-corrected chi connectivity index (χ0v) is 14.4. The van der Waals surface area contributed by atoms with Crippen molar-refractivity contribution in [1.29, 1.82) is 0 Å². The highest BCUT2D eigenvalue weighted by Crippen LogP contribution is 2.29. The Morgan fingerprint density at radius 3 is 2.62 bits per heavy atom. The number of halogens is 2. The summed E-state index contributed by atoms with van der Waals surface area (Å²) in [5.41, 5.74) is 1.62. The van der Waals surface area contributed by atoms with Crippen LogP contribution in [0.15, 0.2) is 28.8 Å². The number of aromatic nitrogens is 3. The second kappa shape index (κ2) is 6.99. The molecule has 0 aliphatic heterocycles. The Kier molecular flexibility index (Phi) is 4.75. The quantitative estimate of drug-likeness (QED) is 0.766. The van der Waals surface area contributed by atoms with Gasteiger partial charge in [0.05, 0.1) is 11.1 Å². The predicted molar refractivity (Wildman–Crippen MR) is 90.7 cm³/mol. The molecule has 0 spiro atoms. The SMILES string of the molecule is CCc1nc(-c2c(C)cc(C)nc2NC(=O)c2ccc(F)cc2F)no1. The standard InChI is InChI=1S/C18H16F2N4O2/c1-4-14-22-17(24-26-14)15-9(2)7-10(3)21-16(15)23-18(25)12-6-5-11(19)8-13(12)20/h5-8H,4H2,1-3H3,(H,21,23,25). The molecule has 0 fully saturated rings. The van der Waals surface area contributed by atoms with Crippen LogP contribution in [-0.4, -0.2) is 21.0 Å². The predicted octanol–water partition coefficient (Wildman–Crippen LogP) is 3.84. The van der Waals surface area contributed by atoms with Crippen molar-refractivity contribution < 1.29 is 18.1 Å². The third kappa shape index (κ3) is 3.44. The number of carbonyl (C=O) groups is 1. The average molecular weight is 358 g/mol. The summed E-state index contributed by atoms with van der Waals surface area (Å²) in [6.07, 6.45) is 0.563. The normalized spacial score (nSPS) is 10.8. The van der Waals surface area contributed by atoms with E-state index in [2.05, 4.69) is 20.4 Å². The van der Waals surface area contributed by atoms with Gasteiger partial charge < -0.3 is 9.84 Å². The van der Waals surface area contributed by atoms with Crippen molar-refractivity contribution in [3.05, 3.63) is 58.6 Å².